The van der Waals surface area contributed by atoms with Crippen LogP contribution in [-0.4, -0.2) is 29.0 Å². The number of nitrogens with zero attached hydrogens (tertiary/aromatic N) is 1. The zero-order chi connectivity index (χ0) is 19.9. The summed E-state index contributed by atoms with van der Waals surface area (Å²) < 4.78 is 43.2. The summed E-state index contributed by atoms with van der Waals surface area (Å²) >= 11 is 4.98. The Labute approximate surface area is 157 Å². The van der Waals surface area contributed by atoms with E-state index >= 15 is 0 Å². The highest BCUT2D eigenvalue weighted by Crippen LogP contribution is 2.30. The second-order valence-corrected chi connectivity index (χ2v) is 5.53. The van der Waals surface area contributed by atoms with Gasteiger partial charge in [0, 0.05) is 11.3 Å². The Bertz CT molecular complexity index is 857. The number of carboxylic acid groups (broad SMARTS) is 1. The molecule has 0 saturated carbocycles. The standard InChI is InChI=1S/C17H14F3N3O3S/c18-17(19,20)12-5-3-6-13(8-12)22-16(27)23-21-9-11-4-1-2-7-14(11)26-10-15(24)25/h1-9H,10H2,(H,24,25)(H2,22,23,27). The number of hydrazone groups is 1. The van der Waals surface area contributed by atoms with Gasteiger partial charge in [-0.25, -0.2) is 4.79 Å². The lowest BCUT2D eigenvalue weighted by molar-refractivity contribution is -0.139. The van der Waals surface area contributed by atoms with E-state index in [1.54, 1.807) is 24.3 Å². The first-order chi connectivity index (χ1) is 12.8. The Balaban J connectivity index is 1.97. The van der Waals surface area contributed by atoms with Crippen molar-refractivity contribution >= 4 is 35.2 Å². The van der Waals surface area contributed by atoms with E-state index in [9.17, 15) is 18.0 Å². The van der Waals surface area contributed by atoms with E-state index in [0.717, 1.165) is 12.1 Å². The topological polar surface area (TPSA) is 83.0 Å². The van der Waals surface area contributed by atoms with Crippen LogP contribution >= 0.6 is 12.2 Å². The summed E-state index contributed by atoms with van der Waals surface area (Å²) in [6.07, 6.45) is -3.11. The SMILES string of the molecule is O=C(O)COc1ccccc1C=NNC(=S)Nc1cccc(C(F)(F)F)c1. The molecule has 0 aromatic heterocycles. The van der Waals surface area contributed by atoms with Crippen LogP contribution in [0, 0.1) is 0 Å². The Morgan fingerprint density at radius 1 is 1.22 bits per heavy atom. The first kappa shape index (κ1) is 20.2. The molecule has 10 heteroatoms. The molecule has 0 saturated heterocycles. The quantitative estimate of drug-likeness (QED) is 0.393. The third-order valence-corrected chi connectivity index (χ3v) is 3.28. The molecule has 0 bridgehead atoms. The van der Waals surface area contributed by atoms with Crippen LogP contribution in [0.15, 0.2) is 53.6 Å². The zero-order valence-corrected chi connectivity index (χ0v) is 14.5. The average molecular weight is 397 g/mol. The second kappa shape index (κ2) is 8.99. The third kappa shape index (κ3) is 6.59. The van der Waals surface area contributed by atoms with Gasteiger partial charge in [-0.3, -0.25) is 5.43 Å². The highest BCUT2D eigenvalue weighted by molar-refractivity contribution is 7.80. The number of nitrogens with one attached hydrogen (secondary N) is 2. The summed E-state index contributed by atoms with van der Waals surface area (Å²) in [4.78, 5) is 10.6. The number of hydrogen-bond acceptors (Lipinski definition) is 4. The van der Waals surface area contributed by atoms with Crippen molar-refractivity contribution in [3.05, 3.63) is 59.7 Å². The lowest BCUT2D eigenvalue weighted by Gasteiger charge is -2.11. The summed E-state index contributed by atoms with van der Waals surface area (Å²) in [5, 5.41) is 15.1. The molecule has 0 heterocycles. The van der Waals surface area contributed by atoms with Crippen LogP contribution in [-0.2, 0) is 11.0 Å². The molecule has 0 amide bonds. The van der Waals surface area contributed by atoms with Gasteiger partial charge in [-0.05, 0) is 42.5 Å². The molecule has 6 nitrogen and oxygen atoms in total. The highest BCUT2D eigenvalue weighted by atomic mass is 32.1. The molecule has 3 N–H and O–H groups in total. The van der Waals surface area contributed by atoms with Crippen molar-refractivity contribution in [3.63, 3.8) is 0 Å². The third-order valence-electron chi connectivity index (χ3n) is 3.09. The van der Waals surface area contributed by atoms with Gasteiger partial charge < -0.3 is 15.2 Å². The molecular weight excluding hydrogens is 383 g/mol. The second-order valence-electron chi connectivity index (χ2n) is 5.12. The number of para-hydroxylation sites is 1. The number of benzene rings is 2. The van der Waals surface area contributed by atoms with Crippen molar-refractivity contribution in [1.29, 1.82) is 0 Å². The van der Waals surface area contributed by atoms with Crippen LogP contribution in [0.3, 0.4) is 0 Å². The molecule has 0 aliphatic heterocycles. The Hall–Kier alpha value is -3.14. The van der Waals surface area contributed by atoms with Crippen molar-refractivity contribution in [2.45, 2.75) is 6.18 Å². The lowest BCUT2D eigenvalue weighted by Crippen LogP contribution is -2.24. The number of halogens is 3. The Morgan fingerprint density at radius 3 is 2.67 bits per heavy atom. The van der Waals surface area contributed by atoms with Gasteiger partial charge in [0.05, 0.1) is 11.8 Å². The minimum Gasteiger partial charge on any atom is -0.481 e. The van der Waals surface area contributed by atoms with E-state index in [-0.39, 0.29) is 10.8 Å². The summed E-state index contributed by atoms with van der Waals surface area (Å²) in [7, 11) is 0. The van der Waals surface area contributed by atoms with Crippen LogP contribution in [0.25, 0.3) is 0 Å². The minimum atomic E-state index is -4.45. The molecule has 2 aromatic carbocycles. The summed E-state index contributed by atoms with van der Waals surface area (Å²) in [6.45, 7) is -0.506. The molecule has 2 aromatic rings. The molecule has 27 heavy (non-hydrogen) atoms. The van der Waals surface area contributed by atoms with Gasteiger partial charge in [-0.2, -0.15) is 18.3 Å². The fraction of sp³-hybridized carbons (Fsp3) is 0.118. The number of carboxylic acids is 1. The fourth-order valence-electron chi connectivity index (χ4n) is 1.95. The number of hydrogen-bond donors (Lipinski definition) is 3. The lowest BCUT2D eigenvalue weighted by atomic mass is 10.2. The number of aliphatic carboxylic acids is 1. The maximum absolute atomic E-state index is 12.7. The highest BCUT2D eigenvalue weighted by Gasteiger charge is 2.30. The Morgan fingerprint density at radius 2 is 1.96 bits per heavy atom. The van der Waals surface area contributed by atoms with E-state index in [1.807, 2.05) is 0 Å². The van der Waals surface area contributed by atoms with E-state index in [4.69, 9.17) is 22.1 Å². The van der Waals surface area contributed by atoms with Crippen LogP contribution < -0.4 is 15.5 Å². The van der Waals surface area contributed by atoms with Gasteiger partial charge in [0.1, 0.15) is 5.75 Å². The number of carbonyl (C=O) groups is 1. The first-order valence-corrected chi connectivity index (χ1v) is 7.87. The number of anilines is 1. The molecule has 142 valence electrons. The molecule has 0 radical (unpaired) electrons. The predicted octanol–water partition coefficient (Wildman–Crippen LogP) is 3.49. The number of rotatable bonds is 6. The van der Waals surface area contributed by atoms with E-state index in [2.05, 4.69) is 15.8 Å². The summed E-state index contributed by atoms with van der Waals surface area (Å²) in [5.41, 5.74) is 2.31. The zero-order valence-electron chi connectivity index (χ0n) is 13.7. The van der Waals surface area contributed by atoms with Gasteiger partial charge in [0.2, 0.25) is 0 Å². The molecule has 0 unspecified atom stereocenters. The molecule has 2 rings (SSSR count). The van der Waals surface area contributed by atoms with Gasteiger partial charge in [-0.15, -0.1) is 0 Å². The van der Waals surface area contributed by atoms with Crippen molar-refractivity contribution < 1.29 is 27.8 Å². The number of alkyl halides is 3. The largest absolute Gasteiger partial charge is 0.481 e. The van der Waals surface area contributed by atoms with Gasteiger partial charge in [-0.1, -0.05) is 18.2 Å². The average Bonchev–Trinajstić information content (AvgIpc) is 2.60. The van der Waals surface area contributed by atoms with Crippen molar-refractivity contribution in [2.75, 3.05) is 11.9 Å². The van der Waals surface area contributed by atoms with E-state index in [0.29, 0.717) is 11.3 Å². The molecule has 0 spiro atoms. The summed E-state index contributed by atoms with van der Waals surface area (Å²) in [5.74, 6) is -0.812. The minimum absolute atomic E-state index is 0.0190. The molecule has 0 aliphatic carbocycles. The smallest absolute Gasteiger partial charge is 0.416 e. The van der Waals surface area contributed by atoms with Gasteiger partial charge in [0.25, 0.3) is 0 Å². The van der Waals surface area contributed by atoms with Crippen LogP contribution in [0.4, 0.5) is 18.9 Å². The normalized spacial score (nSPS) is 11.2. The molecule has 0 aliphatic rings. The number of ether oxygens (including phenoxy) is 1. The van der Waals surface area contributed by atoms with Crippen LogP contribution in [0.5, 0.6) is 5.75 Å². The summed E-state index contributed by atoms with van der Waals surface area (Å²) in [6, 6.07) is 11.2. The van der Waals surface area contributed by atoms with Crippen LogP contribution in [0.2, 0.25) is 0 Å². The van der Waals surface area contributed by atoms with Crippen molar-refractivity contribution in [2.24, 2.45) is 5.10 Å². The van der Waals surface area contributed by atoms with Crippen molar-refractivity contribution in [1.82, 2.24) is 5.43 Å². The first-order valence-electron chi connectivity index (χ1n) is 7.46. The van der Waals surface area contributed by atoms with Gasteiger partial charge in [0.15, 0.2) is 11.7 Å². The van der Waals surface area contributed by atoms with E-state index in [1.165, 1.54) is 18.3 Å². The molecule has 0 fully saturated rings. The Kier molecular flexibility index (Phi) is 6.72. The van der Waals surface area contributed by atoms with E-state index < -0.39 is 24.3 Å². The monoisotopic (exact) mass is 397 g/mol. The maximum Gasteiger partial charge on any atom is 0.416 e. The van der Waals surface area contributed by atoms with Crippen molar-refractivity contribution in [3.8, 4) is 5.75 Å². The van der Waals surface area contributed by atoms with Crippen LogP contribution in [0.1, 0.15) is 11.1 Å². The van der Waals surface area contributed by atoms with Gasteiger partial charge >= 0.3 is 12.1 Å². The predicted molar refractivity (Wildman–Crippen MR) is 98.0 cm³/mol. The number of thiocarbonyl (C=S) groups is 1. The molecule has 0 atom stereocenters. The fourth-order valence-corrected chi connectivity index (χ4v) is 2.12. The maximum atomic E-state index is 12.7. The molecular formula is C17H14F3N3O3S.